The molecule has 0 saturated heterocycles. The van der Waals surface area contributed by atoms with Gasteiger partial charge in [-0.25, -0.2) is 13.6 Å². The lowest BCUT2D eigenvalue weighted by atomic mass is 10.1. The summed E-state index contributed by atoms with van der Waals surface area (Å²) in [7, 11) is 1.18. The predicted molar refractivity (Wildman–Crippen MR) is 101 cm³/mol. The van der Waals surface area contributed by atoms with Gasteiger partial charge < -0.3 is 15.6 Å². The van der Waals surface area contributed by atoms with Crippen LogP contribution in [0.5, 0.6) is 0 Å². The van der Waals surface area contributed by atoms with Crippen LogP contribution < -0.4 is 5.73 Å². The summed E-state index contributed by atoms with van der Waals surface area (Å²) in [5.41, 5.74) is 14.7. The van der Waals surface area contributed by atoms with Gasteiger partial charge in [0.1, 0.15) is 11.6 Å². The van der Waals surface area contributed by atoms with Crippen molar-refractivity contribution in [2.45, 2.75) is 19.7 Å². The van der Waals surface area contributed by atoms with Crippen molar-refractivity contribution in [3.8, 4) is 0 Å². The van der Waals surface area contributed by atoms with Crippen molar-refractivity contribution in [2.75, 3.05) is 7.11 Å². The largest absolute Gasteiger partial charge is 0.465 e. The molecule has 2 rings (SSSR count). The average Bonchev–Trinajstić information content (AvgIpc) is 2.65. The van der Waals surface area contributed by atoms with Gasteiger partial charge in [-0.1, -0.05) is 28.3 Å². The van der Waals surface area contributed by atoms with E-state index >= 15 is 0 Å². The lowest BCUT2D eigenvalue weighted by Crippen LogP contribution is -2.07. The maximum atomic E-state index is 13.0. The summed E-state index contributed by atoms with van der Waals surface area (Å²) in [4.78, 5) is 13.9. The van der Waals surface area contributed by atoms with E-state index in [1.807, 2.05) is 0 Å². The van der Waals surface area contributed by atoms with Crippen LogP contribution in [0.3, 0.4) is 0 Å². The highest BCUT2D eigenvalue weighted by Crippen LogP contribution is 2.24. The van der Waals surface area contributed by atoms with Gasteiger partial charge in [-0.15, -0.1) is 0 Å². The number of nitrogens with two attached hydrogens (primary N) is 1. The van der Waals surface area contributed by atoms with Crippen molar-refractivity contribution in [3.05, 3.63) is 78.6 Å². The summed E-state index contributed by atoms with van der Waals surface area (Å²) >= 11 is 11.4. The number of aliphatic hydroxyl groups excluding tert-OH is 1. The Morgan fingerprint density at radius 2 is 1.79 bits per heavy atom. The van der Waals surface area contributed by atoms with Crippen molar-refractivity contribution in [2.24, 2.45) is 10.8 Å². The minimum absolute atomic E-state index is 0.0120. The summed E-state index contributed by atoms with van der Waals surface area (Å²) in [5.74, 6) is -1.74. The summed E-state index contributed by atoms with van der Waals surface area (Å²) in [6.45, 7) is -0.211. The molecule has 0 aromatic heterocycles. The Kier molecular flexibility index (Phi) is 9.64. The van der Waals surface area contributed by atoms with Gasteiger partial charge >= 0.3 is 5.97 Å². The number of benzene rings is 2. The van der Waals surface area contributed by atoms with Crippen LogP contribution in [-0.2, 0) is 24.4 Å². The van der Waals surface area contributed by atoms with Crippen LogP contribution in [0.2, 0.25) is 10.0 Å². The van der Waals surface area contributed by atoms with Crippen molar-refractivity contribution < 1.29 is 23.4 Å². The second-order valence-corrected chi connectivity index (χ2v) is 6.00. The van der Waals surface area contributed by atoms with Crippen LogP contribution >= 0.6 is 23.2 Å². The smallest absolute Gasteiger partial charge is 0.339 e. The van der Waals surface area contributed by atoms with E-state index in [9.17, 15) is 13.6 Å². The Hall–Kier alpha value is -2.42. The van der Waals surface area contributed by atoms with Gasteiger partial charge in [-0.05, 0) is 40.9 Å². The first-order chi connectivity index (χ1) is 13.3. The molecule has 0 aliphatic heterocycles. The first-order valence-corrected chi connectivity index (χ1v) is 8.39. The average molecular weight is 433 g/mol. The number of azide groups is 1. The second kappa shape index (κ2) is 11.4. The molecule has 0 radical (unpaired) electrons. The maximum absolute atomic E-state index is 13.0. The van der Waals surface area contributed by atoms with Gasteiger partial charge in [-0.3, -0.25) is 0 Å². The maximum Gasteiger partial charge on any atom is 0.339 e. The number of hydrogen-bond donors (Lipinski definition) is 2. The van der Waals surface area contributed by atoms with E-state index < -0.39 is 17.6 Å². The molecule has 7 nitrogen and oxygen atoms in total. The minimum Gasteiger partial charge on any atom is -0.465 e. The highest BCUT2D eigenvalue weighted by molar-refractivity contribution is 6.33. The lowest BCUT2D eigenvalue weighted by molar-refractivity contribution is 0.0599. The molecule has 0 heterocycles. The van der Waals surface area contributed by atoms with Gasteiger partial charge in [0.25, 0.3) is 0 Å². The molecular weight excluding hydrogens is 417 g/mol. The molecule has 0 unspecified atom stereocenters. The van der Waals surface area contributed by atoms with Crippen LogP contribution in [0.25, 0.3) is 10.4 Å². The van der Waals surface area contributed by atoms with Crippen LogP contribution in [0.15, 0.2) is 29.4 Å². The Bertz CT molecular complexity index is 906. The molecule has 150 valence electrons. The molecule has 0 amide bonds. The molecule has 2 aromatic carbocycles. The van der Waals surface area contributed by atoms with Crippen LogP contribution in [-0.4, -0.2) is 18.2 Å². The van der Waals surface area contributed by atoms with Crippen molar-refractivity contribution in [1.29, 1.82) is 0 Å². The standard InChI is InChI=1S/C9H7ClFN3O2.C8H9ClFNO/c1-16-9(15)8-5(4-13-14-12)2-6(11)3-7(8)10;9-8-2-6(10)1-5(3-11)7(8)4-12/h2-3H,4H2,1H3;1-2,12H,3-4,11H2. The summed E-state index contributed by atoms with van der Waals surface area (Å²) in [5, 5.41) is 12.3. The van der Waals surface area contributed by atoms with Crippen LogP contribution in [0, 0.1) is 11.6 Å². The number of carbonyl (C=O) groups is 1. The summed E-state index contributed by atoms with van der Waals surface area (Å²) < 4.78 is 30.2. The molecule has 11 heteroatoms. The van der Waals surface area contributed by atoms with Gasteiger partial charge in [0.2, 0.25) is 0 Å². The SMILES string of the molecule is COC(=O)c1c(Cl)cc(F)cc1CN=[N+]=[N-].NCc1cc(F)cc(Cl)c1CO. The lowest BCUT2D eigenvalue weighted by Gasteiger charge is -2.07. The van der Waals surface area contributed by atoms with E-state index in [4.69, 9.17) is 39.6 Å². The van der Waals surface area contributed by atoms with Gasteiger partial charge in [-0.2, -0.15) is 0 Å². The minimum atomic E-state index is -0.701. The molecule has 0 bridgehead atoms. The van der Waals surface area contributed by atoms with Crippen LogP contribution in [0.4, 0.5) is 8.78 Å². The zero-order valence-corrected chi connectivity index (χ0v) is 16.1. The Morgan fingerprint density at radius 1 is 1.21 bits per heavy atom. The molecular formula is C17H16Cl2F2N4O3. The fourth-order valence-corrected chi connectivity index (χ4v) is 2.79. The van der Waals surface area contributed by atoms with Gasteiger partial charge in [0.15, 0.2) is 0 Å². The van der Waals surface area contributed by atoms with Crippen molar-refractivity contribution in [3.63, 3.8) is 0 Å². The summed E-state index contributed by atoms with van der Waals surface area (Å²) in [6, 6.07) is 4.50. The number of methoxy groups -OCH3 is 1. The number of carbonyl (C=O) groups excluding carboxylic acids is 1. The van der Waals surface area contributed by atoms with Gasteiger partial charge in [0, 0.05) is 22.0 Å². The number of nitrogens with zero attached hydrogens (tertiary/aromatic N) is 3. The van der Waals surface area contributed by atoms with Crippen molar-refractivity contribution in [1.82, 2.24) is 0 Å². The highest BCUT2D eigenvalue weighted by atomic mass is 35.5. The summed E-state index contributed by atoms with van der Waals surface area (Å²) in [6.07, 6.45) is 0. The van der Waals surface area contributed by atoms with Crippen LogP contribution in [0.1, 0.15) is 27.0 Å². The molecule has 0 atom stereocenters. The zero-order chi connectivity index (χ0) is 21.3. The molecule has 0 aliphatic carbocycles. The number of rotatable bonds is 5. The predicted octanol–water partition coefficient (Wildman–Crippen LogP) is 4.51. The first kappa shape index (κ1) is 23.6. The van der Waals surface area contributed by atoms with E-state index in [2.05, 4.69) is 14.8 Å². The third-order valence-corrected chi connectivity index (χ3v) is 4.10. The van der Waals surface area contributed by atoms with E-state index in [1.165, 1.54) is 13.2 Å². The molecule has 0 aliphatic rings. The van der Waals surface area contributed by atoms with Gasteiger partial charge in [0.05, 0.1) is 30.8 Å². The highest BCUT2D eigenvalue weighted by Gasteiger charge is 2.17. The Balaban J connectivity index is 0.000000292. The topological polar surface area (TPSA) is 121 Å². The molecule has 0 spiro atoms. The van der Waals surface area contributed by atoms with E-state index in [0.29, 0.717) is 11.1 Å². The Labute approximate surface area is 169 Å². The number of ether oxygens (including phenoxy) is 1. The Morgan fingerprint density at radius 3 is 2.29 bits per heavy atom. The van der Waals surface area contributed by atoms with E-state index in [-0.39, 0.29) is 40.9 Å². The fraction of sp³-hybridized carbons (Fsp3) is 0.235. The number of halogens is 4. The third kappa shape index (κ3) is 6.33. The first-order valence-electron chi connectivity index (χ1n) is 7.63. The van der Waals surface area contributed by atoms with E-state index in [0.717, 1.165) is 18.2 Å². The quantitative estimate of drug-likeness (QED) is 0.312. The molecule has 3 N–H and O–H groups in total. The third-order valence-electron chi connectivity index (χ3n) is 3.46. The molecule has 28 heavy (non-hydrogen) atoms. The normalized spacial score (nSPS) is 9.82. The fourth-order valence-electron chi connectivity index (χ4n) is 2.21. The molecule has 0 fully saturated rings. The number of hydrogen-bond acceptors (Lipinski definition) is 5. The number of esters is 1. The monoisotopic (exact) mass is 432 g/mol. The molecule has 2 aromatic rings. The number of aliphatic hydroxyl groups is 1. The zero-order valence-electron chi connectivity index (χ0n) is 14.6. The second-order valence-electron chi connectivity index (χ2n) is 5.19. The van der Waals surface area contributed by atoms with Crippen molar-refractivity contribution >= 4 is 29.2 Å². The molecule has 0 saturated carbocycles. The van der Waals surface area contributed by atoms with E-state index in [1.54, 1.807) is 0 Å².